The van der Waals surface area contributed by atoms with E-state index in [1.165, 1.54) is 32.1 Å². The fourth-order valence-corrected chi connectivity index (χ4v) is 2.52. The Morgan fingerprint density at radius 3 is 2.62 bits per heavy atom. The minimum atomic E-state index is 0.394. The van der Waals surface area contributed by atoms with Gasteiger partial charge in [0.1, 0.15) is 10.4 Å². The molecule has 2 nitrogen and oxygen atoms in total. The SMILES string of the molecule is CCC1CCC(Oc2ccc(Br)nc2)CC1. The highest BCUT2D eigenvalue weighted by molar-refractivity contribution is 9.10. The van der Waals surface area contributed by atoms with E-state index in [1.54, 1.807) is 6.20 Å². The number of hydrogen-bond acceptors (Lipinski definition) is 2. The number of aromatic nitrogens is 1. The Hall–Kier alpha value is -0.570. The number of rotatable bonds is 3. The first kappa shape index (κ1) is 11.9. The lowest BCUT2D eigenvalue weighted by atomic mass is 9.86. The van der Waals surface area contributed by atoms with E-state index < -0.39 is 0 Å². The average molecular weight is 284 g/mol. The Labute approximate surface area is 106 Å². The molecule has 1 fully saturated rings. The van der Waals surface area contributed by atoms with Crippen LogP contribution >= 0.6 is 15.9 Å². The number of hydrogen-bond donors (Lipinski definition) is 0. The van der Waals surface area contributed by atoms with Crippen LogP contribution in [0.1, 0.15) is 39.0 Å². The first-order valence-electron chi connectivity index (χ1n) is 6.06. The van der Waals surface area contributed by atoms with Gasteiger partial charge in [-0.15, -0.1) is 0 Å². The van der Waals surface area contributed by atoms with Crippen LogP contribution in [0, 0.1) is 5.92 Å². The molecule has 1 aromatic rings. The predicted molar refractivity (Wildman–Crippen MR) is 68.6 cm³/mol. The van der Waals surface area contributed by atoms with Crippen LogP contribution < -0.4 is 4.74 Å². The summed E-state index contributed by atoms with van der Waals surface area (Å²) in [6.07, 6.45) is 8.49. The van der Waals surface area contributed by atoms with Crippen molar-refractivity contribution in [1.29, 1.82) is 0 Å². The maximum Gasteiger partial charge on any atom is 0.138 e. The van der Waals surface area contributed by atoms with Crippen molar-refractivity contribution in [3.8, 4) is 5.75 Å². The van der Waals surface area contributed by atoms with Crippen molar-refractivity contribution >= 4 is 15.9 Å². The standard InChI is InChI=1S/C13H18BrNO/c1-2-10-3-5-11(6-4-10)16-12-7-8-13(14)15-9-12/h7-11H,2-6H2,1H3. The minimum absolute atomic E-state index is 0.394. The van der Waals surface area contributed by atoms with Gasteiger partial charge in [0.25, 0.3) is 0 Å². The van der Waals surface area contributed by atoms with E-state index in [2.05, 4.69) is 27.8 Å². The van der Waals surface area contributed by atoms with Crippen LogP contribution in [0.15, 0.2) is 22.9 Å². The van der Waals surface area contributed by atoms with Gasteiger partial charge >= 0.3 is 0 Å². The minimum Gasteiger partial charge on any atom is -0.489 e. The fourth-order valence-electron chi connectivity index (χ4n) is 2.28. The summed E-state index contributed by atoms with van der Waals surface area (Å²) < 4.78 is 6.78. The number of halogens is 1. The molecule has 0 atom stereocenters. The van der Waals surface area contributed by atoms with Crippen LogP contribution in [-0.2, 0) is 0 Å². The summed E-state index contributed by atoms with van der Waals surface area (Å²) in [6, 6.07) is 3.90. The third kappa shape index (κ3) is 3.21. The smallest absolute Gasteiger partial charge is 0.138 e. The molecule has 0 saturated heterocycles. The summed E-state index contributed by atoms with van der Waals surface area (Å²) in [5, 5.41) is 0. The first-order chi connectivity index (χ1) is 7.78. The van der Waals surface area contributed by atoms with E-state index in [9.17, 15) is 0 Å². The van der Waals surface area contributed by atoms with Gasteiger partial charge in [-0.25, -0.2) is 4.98 Å². The van der Waals surface area contributed by atoms with Crippen molar-refractivity contribution in [3.63, 3.8) is 0 Å². The van der Waals surface area contributed by atoms with Crippen LogP contribution in [0.5, 0.6) is 5.75 Å². The molecular weight excluding hydrogens is 266 g/mol. The Kier molecular flexibility index (Phi) is 4.22. The molecule has 0 unspecified atom stereocenters. The molecule has 3 heteroatoms. The van der Waals surface area contributed by atoms with E-state index >= 15 is 0 Å². The summed E-state index contributed by atoms with van der Waals surface area (Å²) in [5.41, 5.74) is 0. The van der Waals surface area contributed by atoms with E-state index in [0.717, 1.165) is 16.3 Å². The van der Waals surface area contributed by atoms with Gasteiger partial charge in [0.05, 0.1) is 12.3 Å². The van der Waals surface area contributed by atoms with Crippen molar-refractivity contribution in [3.05, 3.63) is 22.9 Å². The Morgan fingerprint density at radius 2 is 2.06 bits per heavy atom. The maximum absolute atomic E-state index is 5.92. The van der Waals surface area contributed by atoms with E-state index in [0.29, 0.717) is 6.10 Å². The molecule has 88 valence electrons. The number of pyridine rings is 1. The molecule has 2 rings (SSSR count). The van der Waals surface area contributed by atoms with Gasteiger partial charge in [0, 0.05) is 0 Å². The molecule has 16 heavy (non-hydrogen) atoms. The maximum atomic E-state index is 5.92. The molecule has 0 radical (unpaired) electrons. The van der Waals surface area contributed by atoms with Crippen molar-refractivity contribution < 1.29 is 4.74 Å². The molecule has 1 saturated carbocycles. The van der Waals surface area contributed by atoms with Gasteiger partial charge in [-0.05, 0) is 59.7 Å². The third-order valence-electron chi connectivity index (χ3n) is 3.37. The highest BCUT2D eigenvalue weighted by Crippen LogP contribution is 2.29. The molecule has 0 bridgehead atoms. The summed E-state index contributed by atoms with van der Waals surface area (Å²) in [7, 11) is 0. The van der Waals surface area contributed by atoms with Gasteiger partial charge < -0.3 is 4.74 Å². The Bertz CT molecular complexity index is 317. The van der Waals surface area contributed by atoms with Crippen LogP contribution in [0.25, 0.3) is 0 Å². The topological polar surface area (TPSA) is 22.1 Å². The van der Waals surface area contributed by atoms with Crippen LogP contribution in [0.3, 0.4) is 0 Å². The van der Waals surface area contributed by atoms with E-state index in [-0.39, 0.29) is 0 Å². The molecule has 1 heterocycles. The van der Waals surface area contributed by atoms with Gasteiger partial charge in [0.2, 0.25) is 0 Å². The highest BCUT2D eigenvalue weighted by Gasteiger charge is 2.21. The molecule has 0 aliphatic heterocycles. The second-order valence-corrected chi connectivity index (χ2v) is 5.30. The molecule has 0 amide bonds. The summed E-state index contributed by atoms with van der Waals surface area (Å²) in [5.74, 6) is 1.81. The van der Waals surface area contributed by atoms with Gasteiger partial charge in [-0.2, -0.15) is 0 Å². The molecule has 0 N–H and O–H groups in total. The van der Waals surface area contributed by atoms with Crippen LogP contribution in [-0.4, -0.2) is 11.1 Å². The second kappa shape index (κ2) is 5.67. The summed E-state index contributed by atoms with van der Waals surface area (Å²) in [4.78, 5) is 4.17. The molecule has 1 aliphatic rings. The molecular formula is C13H18BrNO. The lowest BCUT2D eigenvalue weighted by Crippen LogP contribution is -2.23. The zero-order chi connectivity index (χ0) is 11.4. The van der Waals surface area contributed by atoms with Gasteiger partial charge in [-0.1, -0.05) is 13.3 Å². The molecule has 0 spiro atoms. The van der Waals surface area contributed by atoms with E-state index in [1.807, 2.05) is 12.1 Å². The molecule has 1 aromatic heterocycles. The van der Waals surface area contributed by atoms with Crippen molar-refractivity contribution in [2.45, 2.75) is 45.1 Å². The lowest BCUT2D eigenvalue weighted by molar-refractivity contribution is 0.129. The zero-order valence-corrected chi connectivity index (χ0v) is 11.2. The molecule has 1 aliphatic carbocycles. The molecule has 0 aromatic carbocycles. The average Bonchev–Trinajstić information content (AvgIpc) is 2.33. The van der Waals surface area contributed by atoms with Crippen molar-refractivity contribution in [1.82, 2.24) is 4.98 Å². The number of nitrogens with zero attached hydrogens (tertiary/aromatic N) is 1. The Balaban J connectivity index is 1.84. The third-order valence-corrected chi connectivity index (χ3v) is 3.84. The fraction of sp³-hybridized carbons (Fsp3) is 0.615. The quantitative estimate of drug-likeness (QED) is 0.776. The van der Waals surface area contributed by atoms with Gasteiger partial charge in [0.15, 0.2) is 0 Å². The largest absolute Gasteiger partial charge is 0.489 e. The summed E-state index contributed by atoms with van der Waals surface area (Å²) in [6.45, 7) is 2.28. The van der Waals surface area contributed by atoms with Crippen LogP contribution in [0.4, 0.5) is 0 Å². The lowest BCUT2D eigenvalue weighted by Gasteiger charge is -2.28. The first-order valence-corrected chi connectivity index (χ1v) is 6.85. The number of ether oxygens (including phenoxy) is 1. The van der Waals surface area contributed by atoms with Crippen molar-refractivity contribution in [2.24, 2.45) is 5.92 Å². The predicted octanol–water partition coefficient (Wildman–Crippen LogP) is 4.19. The summed E-state index contributed by atoms with van der Waals surface area (Å²) >= 11 is 3.32. The van der Waals surface area contributed by atoms with Crippen LogP contribution in [0.2, 0.25) is 0 Å². The van der Waals surface area contributed by atoms with Crippen molar-refractivity contribution in [2.75, 3.05) is 0 Å². The second-order valence-electron chi connectivity index (χ2n) is 4.49. The monoisotopic (exact) mass is 283 g/mol. The van der Waals surface area contributed by atoms with E-state index in [4.69, 9.17) is 4.74 Å². The Morgan fingerprint density at radius 1 is 1.31 bits per heavy atom. The van der Waals surface area contributed by atoms with Gasteiger partial charge in [-0.3, -0.25) is 0 Å². The normalized spacial score (nSPS) is 25.4. The highest BCUT2D eigenvalue weighted by atomic mass is 79.9. The zero-order valence-electron chi connectivity index (χ0n) is 9.66.